The summed E-state index contributed by atoms with van der Waals surface area (Å²) in [6.45, 7) is -0.440. The summed E-state index contributed by atoms with van der Waals surface area (Å²) in [7, 11) is 1.30. The number of aliphatic hydroxyl groups is 4. The van der Waals surface area contributed by atoms with Crippen LogP contribution in [0.25, 0.3) is 0 Å². The van der Waals surface area contributed by atoms with E-state index in [-0.39, 0.29) is 0 Å². The van der Waals surface area contributed by atoms with Gasteiger partial charge in [-0.05, 0) is 0 Å². The Balaban J connectivity index is 2.66. The standard InChI is InChI=1S/C7H14O6/c1-12-7-6(11)5(10)4(9)3(2-8)13-7/h3-11H,2H2,1H3/t3?,4-,5?,6+,7-/m1/s1. The zero-order valence-corrected chi connectivity index (χ0v) is 7.20. The van der Waals surface area contributed by atoms with E-state index in [9.17, 15) is 15.3 Å². The molecule has 4 N–H and O–H groups in total. The number of hydrogen-bond acceptors (Lipinski definition) is 6. The van der Waals surface area contributed by atoms with Crippen LogP contribution in [0.1, 0.15) is 0 Å². The molecule has 1 saturated heterocycles. The molecule has 0 aromatic rings. The highest BCUT2D eigenvalue weighted by Crippen LogP contribution is 2.20. The topological polar surface area (TPSA) is 99.4 Å². The molecular weight excluding hydrogens is 180 g/mol. The third kappa shape index (κ3) is 1.98. The molecule has 2 unspecified atom stereocenters. The van der Waals surface area contributed by atoms with Crippen LogP contribution in [0.3, 0.4) is 0 Å². The van der Waals surface area contributed by atoms with Gasteiger partial charge < -0.3 is 29.9 Å². The fraction of sp³-hybridized carbons (Fsp3) is 1.00. The highest BCUT2D eigenvalue weighted by atomic mass is 16.7. The molecule has 1 fully saturated rings. The van der Waals surface area contributed by atoms with Gasteiger partial charge in [-0.3, -0.25) is 0 Å². The number of aliphatic hydroxyl groups excluding tert-OH is 4. The van der Waals surface area contributed by atoms with Crippen LogP contribution in [-0.2, 0) is 9.47 Å². The molecule has 0 radical (unpaired) electrons. The van der Waals surface area contributed by atoms with Gasteiger partial charge in [-0.1, -0.05) is 0 Å². The lowest BCUT2D eigenvalue weighted by atomic mass is 9.99. The van der Waals surface area contributed by atoms with E-state index in [4.69, 9.17) is 14.6 Å². The van der Waals surface area contributed by atoms with Crippen molar-refractivity contribution in [1.82, 2.24) is 0 Å². The van der Waals surface area contributed by atoms with Crippen LogP contribution >= 0.6 is 0 Å². The Labute approximate surface area is 75.3 Å². The number of hydrogen-bond donors (Lipinski definition) is 4. The monoisotopic (exact) mass is 194 g/mol. The zero-order valence-electron chi connectivity index (χ0n) is 7.20. The van der Waals surface area contributed by atoms with E-state index in [1.54, 1.807) is 0 Å². The number of ether oxygens (including phenoxy) is 2. The highest BCUT2D eigenvalue weighted by Gasteiger charge is 2.43. The summed E-state index contributed by atoms with van der Waals surface area (Å²) in [5.41, 5.74) is 0. The predicted octanol–water partition coefficient (Wildman–Crippen LogP) is -2.57. The van der Waals surface area contributed by atoms with Crippen molar-refractivity contribution in [2.24, 2.45) is 0 Å². The molecule has 6 nitrogen and oxygen atoms in total. The maximum absolute atomic E-state index is 9.28. The summed E-state index contributed by atoms with van der Waals surface area (Å²) < 4.78 is 9.65. The van der Waals surface area contributed by atoms with Crippen LogP contribution in [0.5, 0.6) is 0 Å². The molecule has 13 heavy (non-hydrogen) atoms. The predicted molar refractivity (Wildman–Crippen MR) is 40.8 cm³/mol. The molecular formula is C7H14O6. The average molecular weight is 194 g/mol. The summed E-state index contributed by atoms with van der Waals surface area (Å²) in [5, 5.41) is 36.6. The Kier molecular flexibility index (Phi) is 3.60. The fourth-order valence-electron chi connectivity index (χ4n) is 1.26. The van der Waals surface area contributed by atoms with Crippen molar-refractivity contribution >= 4 is 0 Å². The van der Waals surface area contributed by atoms with E-state index in [1.165, 1.54) is 7.11 Å². The summed E-state index contributed by atoms with van der Waals surface area (Å²) in [4.78, 5) is 0. The number of rotatable bonds is 2. The second-order valence-corrected chi connectivity index (χ2v) is 2.93. The van der Waals surface area contributed by atoms with Gasteiger partial charge >= 0.3 is 0 Å². The Morgan fingerprint density at radius 1 is 1.15 bits per heavy atom. The highest BCUT2D eigenvalue weighted by molar-refractivity contribution is 4.88. The zero-order chi connectivity index (χ0) is 10.0. The van der Waals surface area contributed by atoms with Crippen molar-refractivity contribution in [3.05, 3.63) is 0 Å². The van der Waals surface area contributed by atoms with Crippen molar-refractivity contribution < 1.29 is 29.9 Å². The average Bonchev–Trinajstić information content (AvgIpc) is 2.15. The first-order valence-electron chi connectivity index (χ1n) is 3.95. The minimum absolute atomic E-state index is 0.440. The molecule has 1 aliphatic rings. The first kappa shape index (κ1) is 10.8. The maximum atomic E-state index is 9.28. The van der Waals surface area contributed by atoms with E-state index in [2.05, 4.69) is 0 Å². The van der Waals surface area contributed by atoms with Crippen molar-refractivity contribution in [3.8, 4) is 0 Å². The van der Waals surface area contributed by atoms with Crippen molar-refractivity contribution in [3.63, 3.8) is 0 Å². The molecule has 5 atom stereocenters. The maximum Gasteiger partial charge on any atom is 0.186 e. The quantitative estimate of drug-likeness (QED) is 0.386. The molecule has 0 aliphatic carbocycles. The van der Waals surface area contributed by atoms with Crippen molar-refractivity contribution in [2.75, 3.05) is 13.7 Å². The van der Waals surface area contributed by atoms with Gasteiger partial charge in [0.1, 0.15) is 24.4 Å². The molecule has 6 heteroatoms. The molecule has 78 valence electrons. The summed E-state index contributed by atoms with van der Waals surface area (Å²) >= 11 is 0. The first-order chi connectivity index (χ1) is 6.11. The lowest BCUT2D eigenvalue weighted by Gasteiger charge is -2.38. The van der Waals surface area contributed by atoms with E-state index < -0.39 is 37.3 Å². The van der Waals surface area contributed by atoms with Gasteiger partial charge in [0.25, 0.3) is 0 Å². The first-order valence-corrected chi connectivity index (χ1v) is 3.95. The van der Waals surface area contributed by atoms with Gasteiger partial charge in [0.05, 0.1) is 6.61 Å². The molecule has 1 rings (SSSR count). The summed E-state index contributed by atoms with van der Waals surface area (Å²) in [5.74, 6) is 0. The summed E-state index contributed by atoms with van der Waals surface area (Å²) in [6.07, 6.45) is -5.91. The van der Waals surface area contributed by atoms with Gasteiger partial charge in [-0.25, -0.2) is 0 Å². The fourth-order valence-corrected chi connectivity index (χ4v) is 1.26. The van der Waals surface area contributed by atoms with Crippen LogP contribution in [0.4, 0.5) is 0 Å². The van der Waals surface area contributed by atoms with Crippen molar-refractivity contribution in [2.45, 2.75) is 30.7 Å². The lowest BCUT2D eigenvalue weighted by Crippen LogP contribution is -2.58. The summed E-state index contributed by atoms with van der Waals surface area (Å²) in [6, 6.07) is 0. The Morgan fingerprint density at radius 2 is 1.77 bits per heavy atom. The second kappa shape index (κ2) is 4.32. The van der Waals surface area contributed by atoms with Gasteiger partial charge in [-0.15, -0.1) is 0 Å². The minimum Gasteiger partial charge on any atom is -0.394 e. The molecule has 0 aromatic heterocycles. The van der Waals surface area contributed by atoms with Crippen LogP contribution in [-0.4, -0.2) is 64.8 Å². The molecule has 0 aromatic carbocycles. The normalized spacial score (nSPS) is 46.4. The Bertz CT molecular complexity index is 143. The van der Waals surface area contributed by atoms with E-state index in [1.807, 2.05) is 0 Å². The lowest BCUT2D eigenvalue weighted by molar-refractivity contribution is -0.294. The van der Waals surface area contributed by atoms with Gasteiger partial charge in [-0.2, -0.15) is 0 Å². The number of methoxy groups -OCH3 is 1. The molecule has 0 saturated carbocycles. The largest absolute Gasteiger partial charge is 0.394 e. The Morgan fingerprint density at radius 3 is 2.23 bits per heavy atom. The van der Waals surface area contributed by atoms with E-state index in [0.29, 0.717) is 0 Å². The van der Waals surface area contributed by atoms with E-state index in [0.717, 1.165) is 0 Å². The van der Waals surface area contributed by atoms with E-state index >= 15 is 0 Å². The Hall–Kier alpha value is -0.240. The SMILES string of the molecule is CO[C@@H]1OC(CO)[C@@H](O)C(O)[C@@H]1O. The van der Waals surface area contributed by atoms with Crippen LogP contribution in [0.15, 0.2) is 0 Å². The van der Waals surface area contributed by atoms with Crippen LogP contribution < -0.4 is 0 Å². The van der Waals surface area contributed by atoms with Crippen LogP contribution in [0, 0.1) is 0 Å². The molecule has 1 aliphatic heterocycles. The molecule has 0 spiro atoms. The van der Waals surface area contributed by atoms with Crippen molar-refractivity contribution in [1.29, 1.82) is 0 Å². The molecule has 0 bridgehead atoms. The third-order valence-corrected chi connectivity index (χ3v) is 2.08. The minimum atomic E-state index is -1.36. The molecule has 1 heterocycles. The smallest absolute Gasteiger partial charge is 0.186 e. The molecule has 0 amide bonds. The van der Waals surface area contributed by atoms with Gasteiger partial charge in [0.15, 0.2) is 6.29 Å². The van der Waals surface area contributed by atoms with Gasteiger partial charge in [0, 0.05) is 7.11 Å². The van der Waals surface area contributed by atoms with Gasteiger partial charge in [0.2, 0.25) is 0 Å². The second-order valence-electron chi connectivity index (χ2n) is 2.93. The van der Waals surface area contributed by atoms with Crippen LogP contribution in [0.2, 0.25) is 0 Å². The third-order valence-electron chi connectivity index (χ3n) is 2.08.